The summed E-state index contributed by atoms with van der Waals surface area (Å²) in [6.45, 7) is 5.97. The third kappa shape index (κ3) is 4.19. The number of nitrogens with one attached hydrogen (secondary N) is 2. The van der Waals surface area contributed by atoms with E-state index in [1.54, 1.807) is 10.9 Å². The highest BCUT2D eigenvalue weighted by molar-refractivity contribution is 7.18. The third-order valence-corrected chi connectivity index (χ3v) is 3.80. The molecule has 1 amide bonds. The molecule has 4 N–H and O–H groups in total. The van der Waals surface area contributed by atoms with Crippen molar-refractivity contribution >= 4 is 28.2 Å². The summed E-state index contributed by atoms with van der Waals surface area (Å²) in [5.74, 6) is 0.0736. The first kappa shape index (κ1) is 15.3. The fraction of sp³-hybridized carbons (Fsp3) is 0.462. The van der Waals surface area contributed by atoms with Gasteiger partial charge < -0.3 is 16.4 Å². The van der Waals surface area contributed by atoms with Gasteiger partial charge in [-0.25, -0.2) is 4.98 Å². The molecule has 0 atom stereocenters. The van der Waals surface area contributed by atoms with E-state index in [2.05, 4.69) is 27.6 Å². The number of carbonyl (C=O) groups excluding carboxylic acids is 1. The Hall–Kier alpha value is -2.09. The lowest BCUT2D eigenvalue weighted by Crippen LogP contribution is -2.27. The summed E-state index contributed by atoms with van der Waals surface area (Å²) in [4.78, 5) is 16.7. The first-order chi connectivity index (χ1) is 10.1. The highest BCUT2D eigenvalue weighted by atomic mass is 32.1. The lowest BCUT2D eigenvalue weighted by Gasteiger charge is -2.04. The Morgan fingerprint density at radius 3 is 2.95 bits per heavy atom. The molecule has 2 aromatic heterocycles. The minimum atomic E-state index is -0.196. The van der Waals surface area contributed by atoms with Crippen molar-refractivity contribution in [1.29, 1.82) is 0 Å². The average molecular weight is 308 g/mol. The fourth-order valence-corrected chi connectivity index (χ4v) is 2.58. The molecule has 2 heterocycles. The van der Waals surface area contributed by atoms with Crippen LogP contribution in [0.25, 0.3) is 0 Å². The summed E-state index contributed by atoms with van der Waals surface area (Å²) in [5.41, 5.74) is 6.88. The van der Waals surface area contributed by atoms with Gasteiger partial charge in [-0.05, 0) is 18.9 Å². The Morgan fingerprint density at radius 2 is 2.29 bits per heavy atom. The van der Waals surface area contributed by atoms with Gasteiger partial charge in [-0.15, -0.1) is 0 Å². The van der Waals surface area contributed by atoms with Crippen molar-refractivity contribution in [1.82, 2.24) is 20.1 Å². The van der Waals surface area contributed by atoms with Gasteiger partial charge >= 0.3 is 0 Å². The van der Waals surface area contributed by atoms with Crippen molar-refractivity contribution in [2.75, 3.05) is 24.1 Å². The lowest BCUT2D eigenvalue weighted by molar-refractivity contribution is 0.0956. The zero-order valence-corrected chi connectivity index (χ0v) is 13.0. The van der Waals surface area contributed by atoms with Crippen LogP contribution in [-0.4, -0.2) is 33.8 Å². The Kier molecular flexibility index (Phi) is 5.15. The maximum atomic E-state index is 12.1. The molecular weight excluding hydrogens is 288 g/mol. The van der Waals surface area contributed by atoms with E-state index in [9.17, 15) is 4.79 Å². The number of amides is 1. The van der Waals surface area contributed by atoms with Crippen LogP contribution in [0.2, 0.25) is 0 Å². The molecule has 0 aliphatic heterocycles. The summed E-state index contributed by atoms with van der Waals surface area (Å²) in [7, 11) is 0. The summed E-state index contributed by atoms with van der Waals surface area (Å²) in [6.07, 6.45) is 4.71. The second kappa shape index (κ2) is 7.07. The van der Waals surface area contributed by atoms with Crippen LogP contribution in [0.4, 0.5) is 10.9 Å². The SMILES string of the molecule is CCCNc1nc(N)c(C(=O)NCCn2cc(C)cn2)s1. The highest BCUT2D eigenvalue weighted by Crippen LogP contribution is 2.24. The molecule has 0 saturated carbocycles. The molecular formula is C13H20N6OS. The molecule has 0 bridgehead atoms. The van der Waals surface area contributed by atoms with Crippen LogP contribution in [0.3, 0.4) is 0 Å². The Bertz CT molecular complexity index is 606. The average Bonchev–Trinajstić information content (AvgIpc) is 3.02. The maximum Gasteiger partial charge on any atom is 0.265 e. The fourth-order valence-electron chi connectivity index (χ4n) is 1.76. The lowest BCUT2D eigenvalue weighted by atomic mass is 10.4. The minimum Gasteiger partial charge on any atom is -0.382 e. The molecule has 2 aromatic rings. The van der Waals surface area contributed by atoms with Gasteiger partial charge in [0.25, 0.3) is 5.91 Å². The Labute approximate surface area is 127 Å². The van der Waals surface area contributed by atoms with Crippen LogP contribution in [0.15, 0.2) is 12.4 Å². The molecule has 0 spiro atoms. The predicted molar refractivity (Wildman–Crippen MR) is 84.6 cm³/mol. The number of hydrogen-bond acceptors (Lipinski definition) is 6. The third-order valence-electron chi connectivity index (χ3n) is 2.77. The number of anilines is 2. The number of aromatic nitrogens is 3. The van der Waals surface area contributed by atoms with E-state index in [0.29, 0.717) is 23.1 Å². The number of nitrogens with zero attached hydrogens (tertiary/aromatic N) is 3. The zero-order chi connectivity index (χ0) is 15.2. The summed E-state index contributed by atoms with van der Waals surface area (Å²) < 4.78 is 1.79. The Morgan fingerprint density at radius 1 is 1.48 bits per heavy atom. The molecule has 114 valence electrons. The second-order valence-corrected chi connectivity index (χ2v) is 5.70. The number of nitrogens with two attached hydrogens (primary N) is 1. The zero-order valence-electron chi connectivity index (χ0n) is 12.2. The first-order valence-electron chi connectivity index (χ1n) is 6.87. The predicted octanol–water partition coefficient (Wildman–Crippen LogP) is 1.48. The molecule has 7 nitrogen and oxygen atoms in total. The van der Waals surface area contributed by atoms with Gasteiger partial charge in [0.1, 0.15) is 10.7 Å². The molecule has 0 aliphatic rings. The van der Waals surface area contributed by atoms with Gasteiger partial charge in [-0.2, -0.15) is 5.10 Å². The van der Waals surface area contributed by atoms with E-state index in [1.807, 2.05) is 13.1 Å². The molecule has 2 rings (SSSR count). The van der Waals surface area contributed by atoms with Gasteiger partial charge in [0, 0.05) is 19.3 Å². The van der Waals surface area contributed by atoms with E-state index in [1.165, 1.54) is 11.3 Å². The van der Waals surface area contributed by atoms with Gasteiger partial charge in [0.2, 0.25) is 0 Å². The van der Waals surface area contributed by atoms with E-state index in [-0.39, 0.29) is 11.7 Å². The van der Waals surface area contributed by atoms with Crippen molar-refractivity contribution in [2.45, 2.75) is 26.8 Å². The van der Waals surface area contributed by atoms with Crippen molar-refractivity contribution in [3.8, 4) is 0 Å². The molecule has 8 heteroatoms. The van der Waals surface area contributed by atoms with E-state index in [0.717, 1.165) is 18.5 Å². The number of rotatable bonds is 7. The molecule has 0 aliphatic carbocycles. The van der Waals surface area contributed by atoms with Gasteiger partial charge in [0.15, 0.2) is 5.13 Å². The number of nitrogen functional groups attached to an aromatic ring is 1. The summed E-state index contributed by atoms with van der Waals surface area (Å²) >= 11 is 1.28. The normalized spacial score (nSPS) is 10.6. The van der Waals surface area contributed by atoms with Gasteiger partial charge in [0.05, 0.1) is 12.7 Å². The minimum absolute atomic E-state index is 0.196. The molecule has 0 aromatic carbocycles. The van der Waals surface area contributed by atoms with Crippen LogP contribution < -0.4 is 16.4 Å². The quantitative estimate of drug-likeness (QED) is 0.720. The maximum absolute atomic E-state index is 12.1. The topological polar surface area (TPSA) is 97.9 Å². The van der Waals surface area contributed by atoms with Crippen LogP contribution >= 0.6 is 11.3 Å². The molecule has 21 heavy (non-hydrogen) atoms. The van der Waals surface area contributed by atoms with E-state index in [4.69, 9.17) is 5.73 Å². The van der Waals surface area contributed by atoms with Crippen LogP contribution in [-0.2, 0) is 6.54 Å². The number of carbonyl (C=O) groups is 1. The molecule has 0 radical (unpaired) electrons. The summed E-state index contributed by atoms with van der Waals surface area (Å²) in [6, 6.07) is 0. The number of thiazole rings is 1. The standard InChI is InChI=1S/C13H20N6OS/c1-3-4-16-13-18-11(14)10(21-13)12(20)15-5-6-19-8-9(2)7-17-19/h7-8H,3-6,14H2,1-2H3,(H,15,20)(H,16,18). The van der Waals surface area contributed by atoms with Gasteiger partial charge in [-0.1, -0.05) is 18.3 Å². The van der Waals surface area contributed by atoms with E-state index < -0.39 is 0 Å². The Balaban J connectivity index is 1.86. The van der Waals surface area contributed by atoms with Crippen LogP contribution in [0, 0.1) is 6.92 Å². The van der Waals surface area contributed by atoms with Crippen molar-refractivity contribution in [3.63, 3.8) is 0 Å². The molecule has 0 saturated heterocycles. The number of aryl methyl sites for hydroxylation is 1. The van der Waals surface area contributed by atoms with Crippen LogP contribution in [0.5, 0.6) is 0 Å². The van der Waals surface area contributed by atoms with Crippen molar-refractivity contribution in [2.24, 2.45) is 0 Å². The van der Waals surface area contributed by atoms with Crippen LogP contribution in [0.1, 0.15) is 28.6 Å². The largest absolute Gasteiger partial charge is 0.382 e. The number of hydrogen-bond donors (Lipinski definition) is 3. The monoisotopic (exact) mass is 308 g/mol. The smallest absolute Gasteiger partial charge is 0.265 e. The van der Waals surface area contributed by atoms with E-state index >= 15 is 0 Å². The summed E-state index contributed by atoms with van der Waals surface area (Å²) in [5, 5.41) is 10.8. The van der Waals surface area contributed by atoms with Crippen molar-refractivity contribution < 1.29 is 4.79 Å². The first-order valence-corrected chi connectivity index (χ1v) is 7.69. The molecule has 0 unspecified atom stereocenters. The van der Waals surface area contributed by atoms with Crippen molar-refractivity contribution in [3.05, 3.63) is 22.8 Å². The van der Waals surface area contributed by atoms with Gasteiger partial charge in [-0.3, -0.25) is 9.48 Å². The molecule has 0 fully saturated rings. The second-order valence-electron chi connectivity index (χ2n) is 4.70. The highest BCUT2D eigenvalue weighted by Gasteiger charge is 2.15.